The van der Waals surface area contributed by atoms with Crippen LogP contribution in [0.5, 0.6) is 11.5 Å². The van der Waals surface area contributed by atoms with E-state index in [2.05, 4.69) is 45.1 Å². The number of phenolic OH excluding ortho intramolecular Hbond substituents is 1. The molecule has 1 aliphatic heterocycles. The van der Waals surface area contributed by atoms with Crippen molar-refractivity contribution in [1.29, 1.82) is 0 Å². The molecule has 2 aromatic carbocycles. The maximum Gasteiger partial charge on any atom is 0.160 e. The van der Waals surface area contributed by atoms with Crippen LogP contribution in [0.1, 0.15) is 16.7 Å². The first-order chi connectivity index (χ1) is 10.7. The van der Waals surface area contributed by atoms with Crippen LogP contribution < -0.4 is 4.74 Å². The molecule has 116 valence electrons. The van der Waals surface area contributed by atoms with Crippen LogP contribution in [-0.4, -0.2) is 30.2 Å². The molecule has 4 heteroatoms. The lowest BCUT2D eigenvalue weighted by atomic mass is 9.98. The average Bonchev–Trinajstić information content (AvgIpc) is 2.53. The van der Waals surface area contributed by atoms with E-state index in [0.29, 0.717) is 5.75 Å². The van der Waals surface area contributed by atoms with Gasteiger partial charge in [-0.05, 0) is 53.8 Å². The largest absolute Gasteiger partial charge is 0.504 e. The molecule has 1 aliphatic rings. The highest BCUT2D eigenvalue weighted by Crippen LogP contribution is 2.32. The maximum absolute atomic E-state index is 9.94. The Hall–Kier alpha value is -1.52. The number of ether oxygens (including phenoxy) is 1. The van der Waals surface area contributed by atoms with Gasteiger partial charge in [-0.1, -0.05) is 28.1 Å². The molecule has 0 atom stereocenters. The number of fused-ring (bicyclic) bond motifs is 1. The highest BCUT2D eigenvalue weighted by Gasteiger charge is 2.18. The van der Waals surface area contributed by atoms with E-state index < -0.39 is 0 Å². The Balaban J connectivity index is 1.64. The first-order valence-corrected chi connectivity index (χ1v) is 8.30. The Morgan fingerprint density at radius 2 is 1.95 bits per heavy atom. The van der Waals surface area contributed by atoms with E-state index in [0.717, 1.165) is 36.9 Å². The van der Waals surface area contributed by atoms with Crippen LogP contribution in [-0.2, 0) is 19.4 Å². The van der Waals surface area contributed by atoms with Gasteiger partial charge in [0, 0.05) is 24.1 Å². The van der Waals surface area contributed by atoms with Crippen LogP contribution >= 0.6 is 15.9 Å². The lowest BCUT2D eigenvalue weighted by Gasteiger charge is -2.29. The van der Waals surface area contributed by atoms with Gasteiger partial charge in [-0.3, -0.25) is 4.90 Å². The SMILES string of the molecule is COc1cc2c(cc1O)CN(CCc1ccc(Br)cc1)CC2. The molecule has 0 aliphatic carbocycles. The smallest absolute Gasteiger partial charge is 0.160 e. The van der Waals surface area contributed by atoms with Gasteiger partial charge in [-0.25, -0.2) is 0 Å². The average molecular weight is 362 g/mol. The normalized spacial score (nSPS) is 14.6. The summed E-state index contributed by atoms with van der Waals surface area (Å²) in [5.74, 6) is 0.804. The van der Waals surface area contributed by atoms with Crippen LogP contribution in [0, 0.1) is 0 Å². The molecule has 0 radical (unpaired) electrons. The minimum atomic E-state index is 0.232. The minimum absolute atomic E-state index is 0.232. The molecule has 1 heterocycles. The zero-order valence-electron chi connectivity index (χ0n) is 12.7. The first kappa shape index (κ1) is 15.4. The van der Waals surface area contributed by atoms with Gasteiger partial charge in [0.1, 0.15) is 0 Å². The number of benzene rings is 2. The molecule has 22 heavy (non-hydrogen) atoms. The molecule has 3 nitrogen and oxygen atoms in total. The predicted octanol–water partition coefficient (Wildman–Crippen LogP) is 3.76. The number of halogens is 1. The maximum atomic E-state index is 9.94. The molecule has 1 N–H and O–H groups in total. The number of aromatic hydroxyl groups is 1. The molecular formula is C18H20BrNO2. The molecule has 2 aromatic rings. The van der Waals surface area contributed by atoms with E-state index in [4.69, 9.17) is 4.74 Å². The van der Waals surface area contributed by atoms with Gasteiger partial charge in [0.25, 0.3) is 0 Å². The quantitative estimate of drug-likeness (QED) is 0.899. The van der Waals surface area contributed by atoms with E-state index in [-0.39, 0.29) is 5.75 Å². The van der Waals surface area contributed by atoms with Crippen molar-refractivity contribution in [3.05, 3.63) is 57.6 Å². The Bertz CT molecular complexity index is 655. The van der Waals surface area contributed by atoms with Crippen LogP contribution in [0.25, 0.3) is 0 Å². The summed E-state index contributed by atoms with van der Waals surface area (Å²) in [7, 11) is 1.59. The second-order valence-corrected chi connectivity index (χ2v) is 6.61. The monoisotopic (exact) mass is 361 g/mol. The summed E-state index contributed by atoms with van der Waals surface area (Å²) >= 11 is 3.47. The topological polar surface area (TPSA) is 32.7 Å². The molecule has 0 fully saturated rings. The summed E-state index contributed by atoms with van der Waals surface area (Å²) < 4.78 is 6.30. The molecular weight excluding hydrogens is 342 g/mol. The molecule has 0 unspecified atom stereocenters. The van der Waals surface area contributed by atoms with Crippen molar-refractivity contribution in [2.75, 3.05) is 20.2 Å². The Kier molecular flexibility index (Phi) is 4.69. The standard InChI is InChI=1S/C18H20BrNO2/c1-22-18-11-14-7-9-20(12-15(14)10-17(18)21)8-6-13-2-4-16(19)5-3-13/h2-5,10-11,21H,6-9,12H2,1H3. The molecule has 0 saturated carbocycles. The van der Waals surface area contributed by atoms with E-state index in [1.54, 1.807) is 7.11 Å². The molecule has 0 saturated heterocycles. The van der Waals surface area contributed by atoms with Crippen molar-refractivity contribution >= 4 is 15.9 Å². The lowest BCUT2D eigenvalue weighted by Crippen LogP contribution is -2.32. The summed E-state index contributed by atoms with van der Waals surface area (Å²) in [6, 6.07) is 12.3. The number of hydrogen-bond donors (Lipinski definition) is 1. The van der Waals surface area contributed by atoms with Gasteiger partial charge in [0.05, 0.1) is 7.11 Å². The van der Waals surface area contributed by atoms with E-state index in [1.165, 1.54) is 16.7 Å². The van der Waals surface area contributed by atoms with Crippen LogP contribution in [0.4, 0.5) is 0 Å². The zero-order chi connectivity index (χ0) is 15.5. The molecule has 0 bridgehead atoms. The summed E-state index contributed by atoms with van der Waals surface area (Å²) in [4.78, 5) is 2.44. The van der Waals surface area contributed by atoms with E-state index >= 15 is 0 Å². The number of hydrogen-bond acceptors (Lipinski definition) is 3. The van der Waals surface area contributed by atoms with Gasteiger partial charge >= 0.3 is 0 Å². The van der Waals surface area contributed by atoms with Crippen molar-refractivity contribution in [3.63, 3.8) is 0 Å². The van der Waals surface area contributed by atoms with Gasteiger partial charge in [-0.15, -0.1) is 0 Å². The Morgan fingerprint density at radius 1 is 1.18 bits per heavy atom. The molecule has 3 rings (SSSR count). The zero-order valence-corrected chi connectivity index (χ0v) is 14.3. The number of phenols is 1. The van der Waals surface area contributed by atoms with Crippen LogP contribution in [0.3, 0.4) is 0 Å². The third-order valence-electron chi connectivity index (χ3n) is 4.22. The highest BCUT2D eigenvalue weighted by atomic mass is 79.9. The fourth-order valence-corrected chi connectivity index (χ4v) is 3.19. The predicted molar refractivity (Wildman–Crippen MR) is 91.5 cm³/mol. The first-order valence-electron chi connectivity index (χ1n) is 7.51. The summed E-state index contributed by atoms with van der Waals surface area (Å²) in [5.41, 5.74) is 3.85. The minimum Gasteiger partial charge on any atom is -0.504 e. The van der Waals surface area contributed by atoms with Gasteiger partial charge in [0.15, 0.2) is 11.5 Å². The second-order valence-electron chi connectivity index (χ2n) is 5.70. The molecule has 0 aromatic heterocycles. The Morgan fingerprint density at radius 3 is 2.68 bits per heavy atom. The summed E-state index contributed by atoms with van der Waals surface area (Å²) in [5, 5.41) is 9.94. The highest BCUT2D eigenvalue weighted by molar-refractivity contribution is 9.10. The van der Waals surface area contributed by atoms with Gasteiger partial charge in [-0.2, -0.15) is 0 Å². The number of nitrogens with zero attached hydrogens (tertiary/aromatic N) is 1. The van der Waals surface area contributed by atoms with Crippen molar-refractivity contribution < 1.29 is 9.84 Å². The molecule has 0 amide bonds. The van der Waals surface area contributed by atoms with Gasteiger partial charge < -0.3 is 9.84 Å². The van der Waals surface area contributed by atoms with Crippen molar-refractivity contribution in [1.82, 2.24) is 4.90 Å². The van der Waals surface area contributed by atoms with E-state index in [1.807, 2.05) is 12.1 Å². The fraction of sp³-hybridized carbons (Fsp3) is 0.333. The third-order valence-corrected chi connectivity index (χ3v) is 4.75. The van der Waals surface area contributed by atoms with Crippen LogP contribution in [0.2, 0.25) is 0 Å². The van der Waals surface area contributed by atoms with Crippen LogP contribution in [0.15, 0.2) is 40.9 Å². The van der Waals surface area contributed by atoms with E-state index in [9.17, 15) is 5.11 Å². The van der Waals surface area contributed by atoms with Crippen molar-refractivity contribution in [3.8, 4) is 11.5 Å². The summed E-state index contributed by atoms with van der Waals surface area (Å²) in [6.45, 7) is 2.98. The second kappa shape index (κ2) is 6.71. The van der Waals surface area contributed by atoms with Gasteiger partial charge in [0.2, 0.25) is 0 Å². The Labute approximate surface area is 139 Å². The van der Waals surface area contributed by atoms with Crippen molar-refractivity contribution in [2.24, 2.45) is 0 Å². The number of methoxy groups -OCH3 is 1. The fourth-order valence-electron chi connectivity index (χ4n) is 2.92. The third kappa shape index (κ3) is 3.45. The molecule has 0 spiro atoms. The van der Waals surface area contributed by atoms with Crippen molar-refractivity contribution in [2.45, 2.75) is 19.4 Å². The summed E-state index contributed by atoms with van der Waals surface area (Å²) in [6.07, 6.45) is 2.05. The lowest BCUT2D eigenvalue weighted by molar-refractivity contribution is 0.256. The number of rotatable bonds is 4.